The van der Waals surface area contributed by atoms with Gasteiger partial charge in [-0.2, -0.15) is 0 Å². The standard InChI is InChI=1S/C14H17ClN2O4/c1-2-10-5-9(6-12(15)16-10)14(20)17-3-4-21-11(8-17)7-13(18)19/h5-6,11H,2-4,7-8H2,1H3,(H,18,19). The van der Waals surface area contributed by atoms with Crippen molar-refractivity contribution in [2.24, 2.45) is 0 Å². The molecule has 0 aliphatic carbocycles. The highest BCUT2D eigenvalue weighted by atomic mass is 35.5. The van der Waals surface area contributed by atoms with Crippen LogP contribution in [0.4, 0.5) is 0 Å². The van der Waals surface area contributed by atoms with E-state index in [2.05, 4.69) is 4.98 Å². The molecule has 6 nitrogen and oxygen atoms in total. The average Bonchev–Trinajstić information content (AvgIpc) is 2.45. The first kappa shape index (κ1) is 15.7. The summed E-state index contributed by atoms with van der Waals surface area (Å²) in [6, 6.07) is 3.25. The van der Waals surface area contributed by atoms with Crippen molar-refractivity contribution in [2.75, 3.05) is 19.7 Å². The van der Waals surface area contributed by atoms with Gasteiger partial charge in [-0.1, -0.05) is 18.5 Å². The highest BCUT2D eigenvalue weighted by molar-refractivity contribution is 6.29. The molecule has 1 aromatic heterocycles. The SMILES string of the molecule is CCc1cc(C(=O)N2CCOC(CC(=O)O)C2)cc(Cl)n1. The van der Waals surface area contributed by atoms with Gasteiger partial charge >= 0.3 is 5.97 Å². The summed E-state index contributed by atoms with van der Waals surface area (Å²) < 4.78 is 5.36. The number of aliphatic carboxylic acids is 1. The van der Waals surface area contributed by atoms with E-state index in [-0.39, 0.29) is 24.0 Å². The Morgan fingerprint density at radius 1 is 1.52 bits per heavy atom. The minimum Gasteiger partial charge on any atom is -0.481 e. The normalized spacial score (nSPS) is 18.6. The number of carbonyl (C=O) groups is 2. The van der Waals surface area contributed by atoms with E-state index in [9.17, 15) is 9.59 Å². The van der Waals surface area contributed by atoms with E-state index in [1.165, 1.54) is 6.07 Å². The van der Waals surface area contributed by atoms with Gasteiger partial charge in [-0.25, -0.2) is 4.98 Å². The number of carboxylic acid groups (broad SMARTS) is 1. The Morgan fingerprint density at radius 3 is 2.95 bits per heavy atom. The Labute approximate surface area is 127 Å². The number of morpholine rings is 1. The highest BCUT2D eigenvalue weighted by Crippen LogP contribution is 2.16. The molecule has 1 unspecified atom stereocenters. The molecule has 1 aromatic rings. The number of halogens is 1. The van der Waals surface area contributed by atoms with Crippen LogP contribution in [-0.2, 0) is 16.0 Å². The van der Waals surface area contributed by atoms with E-state index in [0.717, 1.165) is 5.69 Å². The number of aromatic nitrogens is 1. The number of nitrogens with zero attached hydrogens (tertiary/aromatic N) is 2. The highest BCUT2D eigenvalue weighted by Gasteiger charge is 2.27. The third-order valence-electron chi connectivity index (χ3n) is 3.28. The fraction of sp³-hybridized carbons (Fsp3) is 0.500. The van der Waals surface area contributed by atoms with Crippen LogP contribution in [0.25, 0.3) is 0 Å². The van der Waals surface area contributed by atoms with Gasteiger partial charge < -0.3 is 14.7 Å². The Hall–Kier alpha value is -1.66. The molecule has 1 atom stereocenters. The van der Waals surface area contributed by atoms with Crippen molar-refractivity contribution in [2.45, 2.75) is 25.9 Å². The van der Waals surface area contributed by atoms with Gasteiger partial charge in [0.15, 0.2) is 0 Å². The van der Waals surface area contributed by atoms with Gasteiger partial charge in [0.2, 0.25) is 0 Å². The average molecular weight is 313 g/mol. The lowest BCUT2D eigenvalue weighted by Gasteiger charge is -2.32. The largest absolute Gasteiger partial charge is 0.481 e. The van der Waals surface area contributed by atoms with Crippen LogP contribution in [0.2, 0.25) is 5.15 Å². The number of pyridine rings is 1. The predicted molar refractivity (Wildman–Crippen MR) is 76.5 cm³/mol. The van der Waals surface area contributed by atoms with Crippen molar-refractivity contribution < 1.29 is 19.4 Å². The molecule has 1 amide bonds. The third-order valence-corrected chi connectivity index (χ3v) is 3.48. The van der Waals surface area contributed by atoms with Gasteiger partial charge in [0.05, 0.1) is 19.1 Å². The molecule has 2 heterocycles. The number of aryl methyl sites for hydroxylation is 1. The van der Waals surface area contributed by atoms with Crippen LogP contribution in [0, 0.1) is 0 Å². The van der Waals surface area contributed by atoms with E-state index in [0.29, 0.717) is 25.1 Å². The number of hydrogen-bond donors (Lipinski definition) is 1. The molecule has 1 aliphatic rings. The minimum absolute atomic E-state index is 0.110. The summed E-state index contributed by atoms with van der Waals surface area (Å²) in [6.45, 7) is 2.98. The van der Waals surface area contributed by atoms with E-state index in [1.54, 1.807) is 11.0 Å². The minimum atomic E-state index is -0.936. The van der Waals surface area contributed by atoms with Crippen molar-refractivity contribution in [1.82, 2.24) is 9.88 Å². The van der Waals surface area contributed by atoms with E-state index >= 15 is 0 Å². The topological polar surface area (TPSA) is 79.7 Å². The maximum Gasteiger partial charge on any atom is 0.306 e. The van der Waals surface area contributed by atoms with Gasteiger partial charge in [-0.05, 0) is 18.6 Å². The molecule has 7 heteroatoms. The first-order valence-electron chi connectivity index (χ1n) is 6.78. The summed E-state index contributed by atoms with van der Waals surface area (Å²) in [4.78, 5) is 28.9. The van der Waals surface area contributed by atoms with Gasteiger partial charge in [0, 0.05) is 24.3 Å². The third kappa shape index (κ3) is 4.15. The summed E-state index contributed by atoms with van der Waals surface area (Å²) in [5.41, 5.74) is 1.23. The fourth-order valence-corrected chi connectivity index (χ4v) is 2.49. The number of ether oxygens (including phenoxy) is 1. The summed E-state index contributed by atoms with van der Waals surface area (Å²) >= 11 is 5.93. The first-order chi connectivity index (χ1) is 9.99. The molecule has 114 valence electrons. The van der Waals surface area contributed by atoms with E-state index in [4.69, 9.17) is 21.4 Å². The monoisotopic (exact) mass is 312 g/mol. The molecule has 1 N–H and O–H groups in total. The second kappa shape index (κ2) is 6.87. The van der Waals surface area contributed by atoms with Crippen LogP contribution in [0.1, 0.15) is 29.4 Å². The molecular formula is C14H17ClN2O4. The predicted octanol–water partition coefficient (Wildman–Crippen LogP) is 1.61. The smallest absolute Gasteiger partial charge is 0.306 e. The molecule has 0 saturated carbocycles. The molecular weight excluding hydrogens is 296 g/mol. The zero-order valence-electron chi connectivity index (χ0n) is 11.7. The second-order valence-corrected chi connectivity index (χ2v) is 5.25. The number of hydrogen-bond acceptors (Lipinski definition) is 4. The van der Waals surface area contributed by atoms with Gasteiger partial charge in [-0.15, -0.1) is 0 Å². The fourth-order valence-electron chi connectivity index (χ4n) is 2.26. The lowest BCUT2D eigenvalue weighted by molar-refractivity contribution is -0.141. The van der Waals surface area contributed by atoms with Crippen LogP contribution in [0.5, 0.6) is 0 Å². The number of amides is 1. The molecule has 2 rings (SSSR count). The lowest BCUT2D eigenvalue weighted by Crippen LogP contribution is -2.46. The molecule has 1 fully saturated rings. The Kier molecular flexibility index (Phi) is 5.14. The Balaban J connectivity index is 2.12. The van der Waals surface area contributed by atoms with Crippen molar-refractivity contribution in [3.63, 3.8) is 0 Å². The van der Waals surface area contributed by atoms with Crippen LogP contribution in [-0.4, -0.2) is 52.7 Å². The van der Waals surface area contributed by atoms with Crippen LogP contribution in [0.15, 0.2) is 12.1 Å². The maximum absolute atomic E-state index is 12.5. The van der Waals surface area contributed by atoms with E-state index < -0.39 is 12.1 Å². The zero-order valence-corrected chi connectivity index (χ0v) is 12.5. The molecule has 0 aromatic carbocycles. The number of carbonyl (C=O) groups excluding carboxylic acids is 1. The molecule has 21 heavy (non-hydrogen) atoms. The van der Waals surface area contributed by atoms with Gasteiger partial charge in [0.1, 0.15) is 5.15 Å². The summed E-state index contributed by atoms with van der Waals surface area (Å²) in [5.74, 6) is -1.11. The quantitative estimate of drug-likeness (QED) is 0.854. The summed E-state index contributed by atoms with van der Waals surface area (Å²) in [5, 5.41) is 9.09. The number of carboxylic acids is 1. The second-order valence-electron chi connectivity index (χ2n) is 4.87. The van der Waals surface area contributed by atoms with Crippen molar-refractivity contribution in [1.29, 1.82) is 0 Å². The first-order valence-corrected chi connectivity index (χ1v) is 7.16. The zero-order chi connectivity index (χ0) is 15.4. The van der Waals surface area contributed by atoms with Crippen molar-refractivity contribution in [3.8, 4) is 0 Å². The molecule has 0 spiro atoms. The summed E-state index contributed by atoms with van der Waals surface area (Å²) in [6.07, 6.45) is 0.107. The summed E-state index contributed by atoms with van der Waals surface area (Å²) in [7, 11) is 0. The molecule has 1 saturated heterocycles. The van der Waals surface area contributed by atoms with Gasteiger partial charge in [0.25, 0.3) is 5.91 Å². The Bertz CT molecular complexity index is 550. The Morgan fingerprint density at radius 2 is 2.29 bits per heavy atom. The van der Waals surface area contributed by atoms with Crippen LogP contribution >= 0.6 is 11.6 Å². The molecule has 0 bridgehead atoms. The van der Waals surface area contributed by atoms with Crippen LogP contribution in [0.3, 0.4) is 0 Å². The van der Waals surface area contributed by atoms with Gasteiger partial charge in [-0.3, -0.25) is 9.59 Å². The molecule has 1 aliphatic heterocycles. The maximum atomic E-state index is 12.5. The van der Waals surface area contributed by atoms with Crippen molar-refractivity contribution in [3.05, 3.63) is 28.5 Å². The van der Waals surface area contributed by atoms with Crippen LogP contribution < -0.4 is 0 Å². The van der Waals surface area contributed by atoms with Crippen molar-refractivity contribution >= 4 is 23.5 Å². The molecule has 0 radical (unpaired) electrons. The number of rotatable bonds is 4. The van der Waals surface area contributed by atoms with E-state index in [1.807, 2.05) is 6.92 Å². The lowest BCUT2D eigenvalue weighted by atomic mass is 10.1.